The molecular formula is C32H40BrN3O4S. The summed E-state index contributed by atoms with van der Waals surface area (Å²) in [5, 5.41) is 3.06. The molecule has 0 aliphatic heterocycles. The average Bonchev–Trinajstić information content (AvgIpc) is 2.88. The molecule has 2 amide bonds. The number of aryl methyl sites for hydroxylation is 1. The standard InChI is InChI=1S/C32H40BrN3O4S/c1-24-13-9-10-18-28(24)36(41(5,39)40)20-12-19-30(37)35(23-26-16-11-17-27(33)21-26)29(31(38)34-32(2,3)4)22-25-14-7-6-8-15-25/h6-11,13-18,21,29H,12,19-20,22-23H2,1-5H3,(H,34,38). The number of halogens is 1. The van der Waals surface area contributed by atoms with Crippen LogP contribution in [0, 0.1) is 6.92 Å². The fourth-order valence-corrected chi connectivity index (χ4v) is 6.13. The minimum Gasteiger partial charge on any atom is -0.350 e. The maximum Gasteiger partial charge on any atom is 0.243 e. The molecule has 0 radical (unpaired) electrons. The first-order chi connectivity index (χ1) is 19.2. The van der Waals surface area contributed by atoms with E-state index in [0.717, 1.165) is 21.2 Å². The van der Waals surface area contributed by atoms with Crippen LogP contribution >= 0.6 is 15.9 Å². The Morgan fingerprint density at radius 3 is 2.17 bits per heavy atom. The van der Waals surface area contributed by atoms with Gasteiger partial charge in [0.05, 0.1) is 11.9 Å². The third-order valence-corrected chi connectivity index (χ3v) is 8.22. The number of carbonyl (C=O) groups is 2. The highest BCUT2D eigenvalue weighted by Gasteiger charge is 2.32. The first kappa shape index (κ1) is 32.3. The van der Waals surface area contributed by atoms with E-state index < -0.39 is 21.6 Å². The third kappa shape index (κ3) is 10.0. The Labute approximate surface area is 253 Å². The lowest BCUT2D eigenvalue weighted by Crippen LogP contribution is -2.54. The van der Waals surface area contributed by atoms with Crippen molar-refractivity contribution in [3.8, 4) is 0 Å². The van der Waals surface area contributed by atoms with Gasteiger partial charge in [-0.25, -0.2) is 8.42 Å². The van der Waals surface area contributed by atoms with Crippen molar-refractivity contribution in [1.82, 2.24) is 10.2 Å². The van der Waals surface area contributed by atoms with E-state index in [1.54, 1.807) is 17.0 Å². The van der Waals surface area contributed by atoms with Crippen LogP contribution in [0.25, 0.3) is 0 Å². The normalized spacial score (nSPS) is 12.4. The Morgan fingerprint density at radius 1 is 0.927 bits per heavy atom. The van der Waals surface area contributed by atoms with Crippen molar-refractivity contribution in [2.75, 3.05) is 17.1 Å². The van der Waals surface area contributed by atoms with Gasteiger partial charge in [-0.15, -0.1) is 0 Å². The number of rotatable bonds is 12. The largest absolute Gasteiger partial charge is 0.350 e. The van der Waals surface area contributed by atoms with Crippen LogP contribution in [0.3, 0.4) is 0 Å². The van der Waals surface area contributed by atoms with Gasteiger partial charge in [0.2, 0.25) is 21.8 Å². The SMILES string of the molecule is Cc1ccccc1N(CCCC(=O)N(Cc1cccc(Br)c1)C(Cc1ccccc1)C(=O)NC(C)(C)C)S(C)(=O)=O. The highest BCUT2D eigenvalue weighted by atomic mass is 79.9. The molecule has 1 atom stereocenters. The second kappa shape index (κ2) is 14.1. The van der Waals surface area contributed by atoms with Gasteiger partial charge in [0.25, 0.3) is 0 Å². The number of nitrogens with zero attached hydrogens (tertiary/aromatic N) is 2. The lowest BCUT2D eigenvalue weighted by molar-refractivity contribution is -0.142. The molecule has 7 nitrogen and oxygen atoms in total. The number of sulfonamides is 1. The van der Waals surface area contributed by atoms with Crippen molar-refractivity contribution in [3.63, 3.8) is 0 Å². The van der Waals surface area contributed by atoms with Gasteiger partial charge >= 0.3 is 0 Å². The van der Waals surface area contributed by atoms with E-state index >= 15 is 0 Å². The van der Waals surface area contributed by atoms with Crippen LogP contribution < -0.4 is 9.62 Å². The first-order valence-corrected chi connectivity index (χ1v) is 16.3. The Balaban J connectivity index is 1.91. The zero-order valence-electron chi connectivity index (χ0n) is 24.4. The van der Waals surface area contributed by atoms with E-state index in [-0.39, 0.29) is 31.3 Å². The molecule has 9 heteroatoms. The van der Waals surface area contributed by atoms with Crippen molar-refractivity contribution >= 4 is 43.5 Å². The summed E-state index contributed by atoms with van der Waals surface area (Å²) in [7, 11) is -3.56. The van der Waals surface area contributed by atoms with Gasteiger partial charge in [-0.2, -0.15) is 0 Å². The molecule has 3 aromatic carbocycles. The molecule has 220 valence electrons. The molecule has 0 bridgehead atoms. The molecule has 41 heavy (non-hydrogen) atoms. The highest BCUT2D eigenvalue weighted by Crippen LogP contribution is 2.24. The Kier molecular flexibility index (Phi) is 11.2. The van der Waals surface area contributed by atoms with Gasteiger partial charge in [-0.3, -0.25) is 13.9 Å². The molecule has 0 saturated heterocycles. The maximum absolute atomic E-state index is 13.9. The van der Waals surface area contributed by atoms with Gasteiger partial charge in [0.15, 0.2) is 0 Å². The third-order valence-electron chi connectivity index (χ3n) is 6.55. The fourth-order valence-electron chi connectivity index (χ4n) is 4.66. The summed E-state index contributed by atoms with van der Waals surface area (Å²) in [4.78, 5) is 29.3. The average molecular weight is 643 g/mol. The van der Waals surface area contributed by atoms with Crippen LogP contribution in [0.15, 0.2) is 83.3 Å². The van der Waals surface area contributed by atoms with Crippen molar-refractivity contribution < 1.29 is 18.0 Å². The summed E-state index contributed by atoms with van der Waals surface area (Å²) >= 11 is 3.51. The minimum absolute atomic E-state index is 0.0833. The van der Waals surface area contributed by atoms with Crippen LogP contribution in [0.1, 0.15) is 50.3 Å². The Morgan fingerprint density at radius 2 is 1.56 bits per heavy atom. The van der Waals surface area contributed by atoms with Gasteiger partial charge in [0.1, 0.15) is 6.04 Å². The summed E-state index contributed by atoms with van der Waals surface area (Å²) in [5.41, 5.74) is 2.77. The molecule has 0 fully saturated rings. The lowest BCUT2D eigenvalue weighted by atomic mass is 10.00. The van der Waals surface area contributed by atoms with Gasteiger partial charge in [-0.05, 0) is 69.0 Å². The predicted molar refractivity (Wildman–Crippen MR) is 169 cm³/mol. The number of carbonyl (C=O) groups excluding carboxylic acids is 2. The van der Waals surface area contributed by atoms with E-state index in [4.69, 9.17) is 0 Å². The Bertz CT molecular complexity index is 1440. The summed E-state index contributed by atoms with van der Waals surface area (Å²) in [6.07, 6.45) is 1.91. The number of nitrogens with one attached hydrogen (secondary N) is 1. The second-order valence-electron chi connectivity index (χ2n) is 11.3. The van der Waals surface area contributed by atoms with Crippen LogP contribution in [0.5, 0.6) is 0 Å². The molecule has 0 aliphatic rings. The molecular weight excluding hydrogens is 602 g/mol. The van der Waals surface area contributed by atoms with E-state index in [1.165, 1.54) is 10.6 Å². The Hall–Kier alpha value is -3.17. The molecule has 1 unspecified atom stereocenters. The summed E-state index contributed by atoms with van der Waals surface area (Å²) < 4.78 is 27.6. The number of benzene rings is 3. The zero-order valence-corrected chi connectivity index (χ0v) is 26.8. The van der Waals surface area contributed by atoms with Crippen molar-refractivity contribution in [1.29, 1.82) is 0 Å². The number of hydrogen-bond donors (Lipinski definition) is 1. The van der Waals surface area contributed by atoms with E-state index in [1.807, 2.05) is 94.4 Å². The molecule has 1 N–H and O–H groups in total. The summed E-state index contributed by atoms with van der Waals surface area (Å²) in [6.45, 7) is 7.99. The van der Waals surface area contributed by atoms with Crippen LogP contribution in [-0.4, -0.2) is 49.5 Å². The minimum atomic E-state index is -3.56. The molecule has 0 spiro atoms. The highest BCUT2D eigenvalue weighted by molar-refractivity contribution is 9.10. The van der Waals surface area contributed by atoms with E-state index in [0.29, 0.717) is 18.5 Å². The number of anilines is 1. The fraction of sp³-hybridized carbons (Fsp3) is 0.375. The summed E-state index contributed by atoms with van der Waals surface area (Å²) in [5.74, 6) is -0.449. The maximum atomic E-state index is 13.9. The van der Waals surface area contributed by atoms with Crippen molar-refractivity contribution in [2.45, 2.75) is 65.1 Å². The molecule has 0 saturated carbocycles. The second-order valence-corrected chi connectivity index (χ2v) is 14.1. The monoisotopic (exact) mass is 641 g/mol. The number of hydrogen-bond acceptors (Lipinski definition) is 4. The van der Waals surface area contributed by atoms with Crippen molar-refractivity contribution in [2.24, 2.45) is 0 Å². The molecule has 3 rings (SSSR count). The van der Waals surface area contributed by atoms with Crippen LogP contribution in [0.4, 0.5) is 5.69 Å². The van der Waals surface area contributed by atoms with Crippen molar-refractivity contribution in [3.05, 3.63) is 100 Å². The van der Waals surface area contributed by atoms with Crippen LogP contribution in [0.2, 0.25) is 0 Å². The number of para-hydroxylation sites is 1. The number of amides is 2. The van der Waals surface area contributed by atoms with E-state index in [9.17, 15) is 18.0 Å². The zero-order chi connectivity index (χ0) is 30.2. The molecule has 0 heterocycles. The quantitative estimate of drug-likeness (QED) is 0.268. The predicted octanol–water partition coefficient (Wildman–Crippen LogP) is 5.86. The summed E-state index contributed by atoms with van der Waals surface area (Å²) in [6, 6.07) is 23.9. The smallest absolute Gasteiger partial charge is 0.243 e. The molecule has 3 aromatic rings. The first-order valence-electron chi connectivity index (χ1n) is 13.7. The lowest BCUT2D eigenvalue weighted by Gasteiger charge is -2.34. The topological polar surface area (TPSA) is 86.8 Å². The van der Waals surface area contributed by atoms with Gasteiger partial charge in [-0.1, -0.05) is 76.6 Å². The van der Waals surface area contributed by atoms with Crippen LogP contribution in [-0.2, 0) is 32.6 Å². The van der Waals surface area contributed by atoms with E-state index in [2.05, 4.69) is 21.2 Å². The van der Waals surface area contributed by atoms with Gasteiger partial charge in [0, 0.05) is 35.9 Å². The van der Waals surface area contributed by atoms with Gasteiger partial charge < -0.3 is 10.2 Å². The molecule has 0 aromatic heterocycles. The molecule has 0 aliphatic carbocycles.